The van der Waals surface area contributed by atoms with Gasteiger partial charge in [-0.05, 0) is 12.8 Å². The van der Waals surface area contributed by atoms with Crippen molar-refractivity contribution in [1.82, 2.24) is 34.8 Å². The average molecular weight is 371 g/mol. The van der Waals surface area contributed by atoms with Crippen LogP contribution in [0, 0.1) is 11.3 Å². The van der Waals surface area contributed by atoms with Gasteiger partial charge >= 0.3 is 0 Å². The molecular weight excluding hydrogens is 346 g/mol. The summed E-state index contributed by atoms with van der Waals surface area (Å²) in [5, 5.41) is 11.1. The number of hydrogen-bond donors (Lipinski definition) is 1. The first-order chi connectivity index (χ1) is 13.0. The van der Waals surface area contributed by atoms with E-state index in [9.17, 15) is 9.59 Å². The second-order valence-corrected chi connectivity index (χ2v) is 7.92. The molecule has 0 radical (unpaired) electrons. The van der Waals surface area contributed by atoms with Gasteiger partial charge in [-0.25, -0.2) is 4.98 Å². The van der Waals surface area contributed by atoms with Crippen LogP contribution in [-0.2, 0) is 23.2 Å². The lowest BCUT2D eigenvalue weighted by molar-refractivity contribution is -0.131. The lowest BCUT2D eigenvalue weighted by Crippen LogP contribution is -2.37. The molecule has 4 rings (SSSR count). The summed E-state index contributed by atoms with van der Waals surface area (Å²) in [6, 6.07) is 0. The molecule has 1 saturated heterocycles. The van der Waals surface area contributed by atoms with E-state index < -0.39 is 0 Å². The molecule has 2 amide bonds. The van der Waals surface area contributed by atoms with Gasteiger partial charge in [0.05, 0.1) is 18.7 Å². The van der Waals surface area contributed by atoms with Crippen molar-refractivity contribution in [3.63, 3.8) is 0 Å². The summed E-state index contributed by atoms with van der Waals surface area (Å²) in [6.45, 7) is 3.91. The average Bonchev–Trinajstić information content (AvgIpc) is 3.06. The number of hydrogen-bond acceptors (Lipinski definition) is 5. The van der Waals surface area contributed by atoms with Crippen LogP contribution in [0.3, 0.4) is 0 Å². The summed E-state index contributed by atoms with van der Waals surface area (Å²) >= 11 is 0. The summed E-state index contributed by atoms with van der Waals surface area (Å²) in [7, 11) is 1.96. The smallest absolute Gasteiger partial charge is 0.246 e. The molecule has 27 heavy (non-hydrogen) atoms. The minimum atomic E-state index is -0.193. The van der Waals surface area contributed by atoms with Gasteiger partial charge in [-0.3, -0.25) is 9.59 Å². The monoisotopic (exact) mass is 371 g/mol. The lowest BCUT2D eigenvalue weighted by Gasteiger charge is -2.20. The summed E-state index contributed by atoms with van der Waals surface area (Å²) in [6.07, 6.45) is 8.66. The molecule has 0 spiro atoms. The van der Waals surface area contributed by atoms with Gasteiger partial charge in [0.25, 0.3) is 0 Å². The summed E-state index contributed by atoms with van der Waals surface area (Å²) in [5.41, 5.74) is 0.890. The standard InChI is InChI=1S/C18H25N7O2/c1-18(3-4-18)17(27)20-7-13-9-24(16(26)11-25-21-5-6-22-25)10-14(13)15-8-19-12-23(15)2/h5-6,8,12-14H,3-4,7,9-11H2,1-2H3,(H,20,27)/t13-,14-/m1/s1. The van der Waals surface area contributed by atoms with Crippen LogP contribution in [0.15, 0.2) is 24.9 Å². The van der Waals surface area contributed by atoms with Gasteiger partial charge in [0.2, 0.25) is 11.8 Å². The van der Waals surface area contributed by atoms with E-state index in [1.54, 1.807) is 18.7 Å². The highest BCUT2D eigenvalue weighted by atomic mass is 16.2. The molecule has 1 aliphatic carbocycles. The molecule has 1 N–H and O–H groups in total. The van der Waals surface area contributed by atoms with E-state index in [2.05, 4.69) is 20.5 Å². The molecule has 0 aromatic carbocycles. The Kier molecular flexibility index (Phi) is 4.45. The molecule has 2 aliphatic rings. The molecule has 2 aromatic rings. The van der Waals surface area contributed by atoms with Gasteiger partial charge in [0.15, 0.2) is 0 Å². The van der Waals surface area contributed by atoms with Crippen molar-refractivity contribution in [2.45, 2.75) is 32.2 Å². The second kappa shape index (κ2) is 6.79. The maximum atomic E-state index is 12.7. The first-order valence-electron chi connectivity index (χ1n) is 9.33. The number of likely N-dealkylation sites (tertiary alicyclic amines) is 1. The quantitative estimate of drug-likeness (QED) is 0.781. The number of rotatable bonds is 6. The van der Waals surface area contributed by atoms with Gasteiger partial charge < -0.3 is 14.8 Å². The van der Waals surface area contributed by atoms with Gasteiger partial charge in [-0.2, -0.15) is 15.0 Å². The maximum absolute atomic E-state index is 12.7. The predicted octanol–water partition coefficient (Wildman–Crippen LogP) is 0.170. The highest BCUT2D eigenvalue weighted by Crippen LogP contribution is 2.45. The van der Waals surface area contributed by atoms with E-state index in [-0.39, 0.29) is 35.6 Å². The largest absolute Gasteiger partial charge is 0.355 e. The number of amides is 2. The third-order valence-electron chi connectivity index (χ3n) is 5.84. The first kappa shape index (κ1) is 17.7. The highest BCUT2D eigenvalue weighted by Gasteiger charge is 2.45. The van der Waals surface area contributed by atoms with E-state index in [0.29, 0.717) is 19.6 Å². The van der Waals surface area contributed by atoms with Gasteiger partial charge in [-0.15, -0.1) is 0 Å². The summed E-state index contributed by atoms with van der Waals surface area (Å²) in [4.78, 5) is 32.5. The number of nitrogens with one attached hydrogen (secondary N) is 1. The zero-order chi connectivity index (χ0) is 19.0. The zero-order valence-electron chi connectivity index (χ0n) is 15.7. The molecule has 9 heteroatoms. The normalized spacial score (nSPS) is 23.4. The van der Waals surface area contributed by atoms with Crippen LogP contribution in [0.2, 0.25) is 0 Å². The molecule has 144 valence electrons. The van der Waals surface area contributed by atoms with Crippen LogP contribution in [-0.4, -0.2) is 60.9 Å². The number of imidazole rings is 1. The Bertz CT molecular complexity index is 825. The van der Waals surface area contributed by atoms with Crippen molar-refractivity contribution in [3.8, 4) is 0 Å². The van der Waals surface area contributed by atoms with Crippen molar-refractivity contribution in [3.05, 3.63) is 30.6 Å². The van der Waals surface area contributed by atoms with Crippen molar-refractivity contribution in [1.29, 1.82) is 0 Å². The van der Waals surface area contributed by atoms with Crippen molar-refractivity contribution in [2.24, 2.45) is 18.4 Å². The van der Waals surface area contributed by atoms with Crippen LogP contribution in [0.5, 0.6) is 0 Å². The Morgan fingerprint density at radius 2 is 2.00 bits per heavy atom. The number of carbonyl (C=O) groups is 2. The van der Waals surface area contributed by atoms with Crippen molar-refractivity contribution < 1.29 is 9.59 Å². The van der Waals surface area contributed by atoms with Crippen molar-refractivity contribution >= 4 is 11.8 Å². The van der Waals surface area contributed by atoms with Crippen LogP contribution in [0.4, 0.5) is 0 Å². The number of nitrogens with zero attached hydrogens (tertiary/aromatic N) is 6. The molecule has 9 nitrogen and oxygen atoms in total. The van der Waals surface area contributed by atoms with E-state index in [0.717, 1.165) is 18.5 Å². The maximum Gasteiger partial charge on any atom is 0.246 e. The Morgan fingerprint density at radius 1 is 1.26 bits per heavy atom. The van der Waals surface area contributed by atoms with E-state index in [1.807, 2.05) is 29.6 Å². The highest BCUT2D eigenvalue weighted by molar-refractivity contribution is 5.84. The molecular formula is C18H25N7O2. The van der Waals surface area contributed by atoms with Crippen LogP contribution < -0.4 is 5.32 Å². The Balaban J connectivity index is 1.45. The van der Waals surface area contributed by atoms with Crippen molar-refractivity contribution in [2.75, 3.05) is 19.6 Å². The van der Waals surface area contributed by atoms with Gasteiger partial charge in [-0.1, -0.05) is 6.92 Å². The zero-order valence-corrected chi connectivity index (χ0v) is 15.7. The number of aryl methyl sites for hydroxylation is 1. The van der Waals surface area contributed by atoms with Crippen LogP contribution >= 0.6 is 0 Å². The molecule has 0 bridgehead atoms. The minimum absolute atomic E-state index is 0.0126. The molecule has 2 fully saturated rings. The molecule has 3 heterocycles. The molecule has 0 unspecified atom stereocenters. The fraction of sp³-hybridized carbons (Fsp3) is 0.611. The molecule has 1 saturated carbocycles. The lowest BCUT2D eigenvalue weighted by atomic mass is 9.92. The second-order valence-electron chi connectivity index (χ2n) is 7.92. The fourth-order valence-electron chi connectivity index (χ4n) is 3.74. The number of aromatic nitrogens is 5. The Labute approximate surface area is 157 Å². The van der Waals surface area contributed by atoms with E-state index in [1.165, 1.54) is 4.80 Å². The fourth-order valence-corrected chi connectivity index (χ4v) is 3.74. The van der Waals surface area contributed by atoms with E-state index >= 15 is 0 Å². The molecule has 1 aliphatic heterocycles. The summed E-state index contributed by atoms with van der Waals surface area (Å²) in [5.74, 6) is 0.402. The number of carbonyl (C=O) groups excluding carboxylic acids is 2. The third-order valence-corrected chi connectivity index (χ3v) is 5.84. The predicted molar refractivity (Wildman–Crippen MR) is 96.4 cm³/mol. The van der Waals surface area contributed by atoms with Crippen LogP contribution in [0.1, 0.15) is 31.4 Å². The SMILES string of the molecule is Cn1cncc1[C@@H]1CN(C(=O)Cn2nccn2)C[C@H]1CNC(=O)C1(C)CC1. The molecule has 2 aromatic heterocycles. The summed E-state index contributed by atoms with van der Waals surface area (Å²) < 4.78 is 1.99. The van der Waals surface area contributed by atoms with Gasteiger partial charge in [0, 0.05) is 55.8 Å². The first-order valence-corrected chi connectivity index (χ1v) is 9.33. The van der Waals surface area contributed by atoms with Gasteiger partial charge in [0.1, 0.15) is 6.54 Å². The topological polar surface area (TPSA) is 97.9 Å². The minimum Gasteiger partial charge on any atom is -0.355 e. The Hall–Kier alpha value is -2.71. The van der Waals surface area contributed by atoms with E-state index in [4.69, 9.17) is 0 Å². The van der Waals surface area contributed by atoms with Crippen LogP contribution in [0.25, 0.3) is 0 Å². The third kappa shape index (κ3) is 3.58. The Morgan fingerprint density at radius 3 is 2.63 bits per heavy atom. The molecule has 2 atom stereocenters.